The Hall–Kier alpha value is -3.38. The molecule has 0 bridgehead atoms. The molecule has 6 heteroatoms. The third kappa shape index (κ3) is 3.74. The zero-order valence-corrected chi connectivity index (χ0v) is 18.9. The number of H-pyrrole nitrogens is 1. The van der Waals surface area contributed by atoms with E-state index in [1.165, 1.54) is 5.56 Å². The summed E-state index contributed by atoms with van der Waals surface area (Å²) < 4.78 is 5.77. The number of nitrogens with one attached hydrogen (secondary N) is 1. The van der Waals surface area contributed by atoms with Gasteiger partial charge in [0.2, 0.25) is 0 Å². The number of aromatic nitrogens is 1. The van der Waals surface area contributed by atoms with Crippen molar-refractivity contribution in [2.24, 2.45) is 0 Å². The van der Waals surface area contributed by atoms with E-state index in [4.69, 9.17) is 4.74 Å². The summed E-state index contributed by atoms with van der Waals surface area (Å²) in [5.74, 6) is -1.04. The summed E-state index contributed by atoms with van der Waals surface area (Å²) in [5, 5.41) is 12.2. The molecule has 0 radical (unpaired) electrons. The Morgan fingerprint density at radius 3 is 2.61 bits per heavy atom. The summed E-state index contributed by atoms with van der Waals surface area (Å²) in [6, 6.07) is 14.9. The molecule has 1 aromatic heterocycles. The summed E-state index contributed by atoms with van der Waals surface area (Å²) in [6.07, 6.45) is 3.38. The number of carbonyl (C=O) groups is 2. The van der Waals surface area contributed by atoms with Crippen LogP contribution in [0.2, 0.25) is 0 Å². The smallest absolute Gasteiger partial charge is 0.295 e. The van der Waals surface area contributed by atoms with Gasteiger partial charge in [0.05, 0.1) is 17.7 Å². The van der Waals surface area contributed by atoms with Crippen molar-refractivity contribution >= 4 is 28.4 Å². The van der Waals surface area contributed by atoms with E-state index in [0.29, 0.717) is 24.6 Å². The second-order valence-electron chi connectivity index (χ2n) is 9.16. The van der Waals surface area contributed by atoms with Crippen LogP contribution < -0.4 is 0 Å². The summed E-state index contributed by atoms with van der Waals surface area (Å²) >= 11 is 0. The zero-order valence-electron chi connectivity index (χ0n) is 18.9. The minimum atomic E-state index is -0.663. The number of aromatic amines is 1. The highest BCUT2D eigenvalue weighted by molar-refractivity contribution is 6.46. The highest BCUT2D eigenvalue weighted by Crippen LogP contribution is 2.41. The number of aliphatic hydroxyl groups excluding tert-OH is 1. The lowest BCUT2D eigenvalue weighted by Gasteiger charge is -2.27. The van der Waals surface area contributed by atoms with E-state index in [9.17, 15) is 14.7 Å². The van der Waals surface area contributed by atoms with Gasteiger partial charge in [0.15, 0.2) is 0 Å². The first-order chi connectivity index (χ1) is 16.0. The number of hydrogen-bond acceptors (Lipinski definition) is 4. The van der Waals surface area contributed by atoms with Crippen LogP contribution in [-0.2, 0) is 14.3 Å². The zero-order chi connectivity index (χ0) is 23.1. The molecule has 0 aliphatic carbocycles. The van der Waals surface area contributed by atoms with Crippen LogP contribution in [0.4, 0.5) is 0 Å². The van der Waals surface area contributed by atoms with Crippen molar-refractivity contribution in [2.75, 3.05) is 13.2 Å². The summed E-state index contributed by atoms with van der Waals surface area (Å²) in [5.41, 5.74) is 3.47. The van der Waals surface area contributed by atoms with E-state index in [1.54, 1.807) is 11.1 Å². The molecule has 2 aromatic carbocycles. The summed E-state index contributed by atoms with van der Waals surface area (Å²) in [4.78, 5) is 31.1. The fourth-order valence-electron chi connectivity index (χ4n) is 4.90. The molecule has 2 N–H and O–H groups in total. The van der Waals surface area contributed by atoms with Gasteiger partial charge in [-0.15, -0.1) is 0 Å². The predicted molar refractivity (Wildman–Crippen MR) is 127 cm³/mol. The Kier molecular flexibility index (Phi) is 5.54. The quantitative estimate of drug-likeness (QED) is 0.333. The Bertz CT molecular complexity index is 1230. The fourth-order valence-corrected chi connectivity index (χ4v) is 4.90. The molecule has 0 spiro atoms. The van der Waals surface area contributed by atoms with Crippen molar-refractivity contribution in [1.29, 1.82) is 0 Å². The number of nitrogens with zero attached hydrogens (tertiary/aromatic N) is 1. The molecule has 3 heterocycles. The molecule has 6 nitrogen and oxygen atoms in total. The van der Waals surface area contributed by atoms with Gasteiger partial charge in [0.25, 0.3) is 11.7 Å². The second kappa shape index (κ2) is 8.52. The maximum Gasteiger partial charge on any atom is 0.295 e. The van der Waals surface area contributed by atoms with Gasteiger partial charge in [-0.1, -0.05) is 56.3 Å². The molecule has 2 aliphatic rings. The average Bonchev–Trinajstić information content (AvgIpc) is 3.54. The molecule has 2 unspecified atom stereocenters. The van der Waals surface area contributed by atoms with Crippen LogP contribution in [-0.4, -0.2) is 45.9 Å². The van der Waals surface area contributed by atoms with E-state index < -0.39 is 17.7 Å². The number of para-hydroxylation sites is 1. The minimum absolute atomic E-state index is 0.103. The number of ether oxygens (including phenoxy) is 1. The highest BCUT2D eigenvalue weighted by Gasteiger charge is 2.47. The normalized spacial score (nSPS) is 22.7. The lowest BCUT2D eigenvalue weighted by atomic mass is 9.93. The van der Waals surface area contributed by atoms with Crippen molar-refractivity contribution in [3.63, 3.8) is 0 Å². The first-order valence-electron chi connectivity index (χ1n) is 11.5. The van der Waals surface area contributed by atoms with Gasteiger partial charge < -0.3 is 19.7 Å². The second-order valence-corrected chi connectivity index (χ2v) is 9.16. The standard InChI is InChI=1S/C27H28N2O4/c1-16(2)17-9-11-18(12-10-17)24-23(25(30)21-14-28-22-8-4-3-7-20(21)22)26(31)27(32)29(24)15-19-6-5-13-33-19/h3-4,7-12,14,16,19,24,28,30H,5-6,13,15H2,1-2H3/b25-23-. The van der Waals surface area contributed by atoms with Gasteiger partial charge in [-0.2, -0.15) is 0 Å². The third-order valence-corrected chi connectivity index (χ3v) is 6.73. The number of hydrogen-bond donors (Lipinski definition) is 2. The van der Waals surface area contributed by atoms with E-state index >= 15 is 0 Å². The predicted octanol–water partition coefficient (Wildman–Crippen LogP) is 4.89. The molecule has 3 aromatic rings. The largest absolute Gasteiger partial charge is 0.507 e. The first kappa shape index (κ1) is 21.5. The topological polar surface area (TPSA) is 82.6 Å². The molecule has 2 atom stereocenters. The molecular weight excluding hydrogens is 416 g/mol. The van der Waals surface area contributed by atoms with Crippen LogP contribution in [0, 0.1) is 0 Å². The number of ketones is 1. The van der Waals surface area contributed by atoms with Crippen LogP contribution in [0.1, 0.15) is 55.3 Å². The summed E-state index contributed by atoms with van der Waals surface area (Å²) in [7, 11) is 0. The van der Waals surface area contributed by atoms with E-state index in [2.05, 4.69) is 18.8 Å². The van der Waals surface area contributed by atoms with Crippen LogP contribution in [0.15, 0.2) is 60.3 Å². The molecule has 2 saturated heterocycles. The van der Waals surface area contributed by atoms with Crippen molar-refractivity contribution < 1.29 is 19.4 Å². The molecule has 1 amide bonds. The van der Waals surface area contributed by atoms with Crippen LogP contribution in [0.3, 0.4) is 0 Å². The van der Waals surface area contributed by atoms with Gasteiger partial charge >= 0.3 is 0 Å². The van der Waals surface area contributed by atoms with Crippen LogP contribution >= 0.6 is 0 Å². The Labute approximate surface area is 192 Å². The lowest BCUT2D eigenvalue weighted by Crippen LogP contribution is -2.36. The maximum absolute atomic E-state index is 13.3. The Morgan fingerprint density at radius 2 is 1.91 bits per heavy atom. The molecule has 33 heavy (non-hydrogen) atoms. The van der Waals surface area contributed by atoms with Gasteiger partial charge in [-0.25, -0.2) is 0 Å². The van der Waals surface area contributed by atoms with E-state index in [-0.39, 0.29) is 17.4 Å². The van der Waals surface area contributed by atoms with Crippen molar-refractivity contribution in [3.8, 4) is 0 Å². The highest BCUT2D eigenvalue weighted by atomic mass is 16.5. The number of rotatable bonds is 5. The number of benzene rings is 2. The summed E-state index contributed by atoms with van der Waals surface area (Å²) in [6.45, 7) is 5.23. The maximum atomic E-state index is 13.3. The van der Waals surface area contributed by atoms with Gasteiger partial charge in [0, 0.05) is 35.8 Å². The molecule has 170 valence electrons. The Morgan fingerprint density at radius 1 is 1.15 bits per heavy atom. The fraction of sp³-hybridized carbons (Fsp3) is 0.333. The molecule has 0 saturated carbocycles. The average molecular weight is 445 g/mol. The van der Waals surface area contributed by atoms with E-state index in [1.807, 2.05) is 48.5 Å². The van der Waals surface area contributed by atoms with Crippen molar-refractivity contribution in [1.82, 2.24) is 9.88 Å². The lowest BCUT2D eigenvalue weighted by molar-refractivity contribution is -0.140. The first-order valence-corrected chi connectivity index (χ1v) is 11.5. The third-order valence-electron chi connectivity index (χ3n) is 6.73. The SMILES string of the molecule is CC(C)c1ccc(C2/C(=C(/O)c3c[nH]c4ccccc34)C(=O)C(=O)N2CC2CCCO2)cc1. The number of fused-ring (bicyclic) bond motifs is 1. The Balaban J connectivity index is 1.64. The van der Waals surface area contributed by atoms with Crippen molar-refractivity contribution in [2.45, 2.75) is 44.8 Å². The van der Waals surface area contributed by atoms with Crippen LogP contribution in [0.25, 0.3) is 16.7 Å². The van der Waals surface area contributed by atoms with Crippen LogP contribution in [0.5, 0.6) is 0 Å². The number of carbonyl (C=O) groups excluding carboxylic acids is 2. The van der Waals surface area contributed by atoms with Gasteiger partial charge in [0.1, 0.15) is 5.76 Å². The minimum Gasteiger partial charge on any atom is -0.507 e. The number of aliphatic hydroxyl groups is 1. The molecule has 5 rings (SSSR count). The van der Waals surface area contributed by atoms with Crippen molar-refractivity contribution in [3.05, 3.63) is 77.0 Å². The molecule has 2 aliphatic heterocycles. The number of likely N-dealkylation sites (tertiary alicyclic amines) is 1. The monoisotopic (exact) mass is 444 g/mol. The molecule has 2 fully saturated rings. The van der Waals surface area contributed by atoms with Gasteiger partial charge in [-0.3, -0.25) is 9.59 Å². The number of Topliss-reactive ketones (excluding diaryl/α,β-unsaturated/α-hetero) is 1. The molecular formula is C27H28N2O4. The number of amides is 1. The van der Waals surface area contributed by atoms with E-state index in [0.717, 1.165) is 29.3 Å². The van der Waals surface area contributed by atoms with Gasteiger partial charge in [-0.05, 0) is 36.0 Å².